The van der Waals surface area contributed by atoms with Gasteiger partial charge in [-0.1, -0.05) is 31.2 Å². The van der Waals surface area contributed by atoms with Crippen molar-refractivity contribution >= 4 is 5.96 Å². The summed E-state index contributed by atoms with van der Waals surface area (Å²) >= 11 is 0. The molecule has 0 amide bonds. The highest BCUT2D eigenvalue weighted by Crippen LogP contribution is 2.18. The van der Waals surface area contributed by atoms with Crippen molar-refractivity contribution in [3.8, 4) is 0 Å². The highest BCUT2D eigenvalue weighted by Gasteiger charge is 2.16. The number of hydrogen-bond acceptors (Lipinski definition) is 3. The predicted octanol–water partition coefficient (Wildman–Crippen LogP) is 2.50. The van der Waals surface area contributed by atoms with Gasteiger partial charge in [0.15, 0.2) is 5.96 Å². The minimum atomic E-state index is 0.283. The van der Waals surface area contributed by atoms with E-state index >= 15 is 0 Å². The Morgan fingerprint density at radius 3 is 2.60 bits per heavy atom. The summed E-state index contributed by atoms with van der Waals surface area (Å²) in [6.07, 6.45) is 5.19. The Kier molecular flexibility index (Phi) is 6.70. The third kappa shape index (κ3) is 6.01. The number of likely N-dealkylation sites (tertiary alicyclic amines) is 1. The predicted molar refractivity (Wildman–Crippen MR) is 102 cm³/mol. The number of nitrogens with zero attached hydrogens (tertiary/aromatic N) is 2. The van der Waals surface area contributed by atoms with E-state index in [-0.39, 0.29) is 6.10 Å². The molecule has 2 fully saturated rings. The third-order valence-electron chi connectivity index (χ3n) is 5.27. The maximum atomic E-state index is 5.94. The van der Waals surface area contributed by atoms with E-state index in [0.717, 1.165) is 38.5 Å². The Morgan fingerprint density at radius 2 is 1.92 bits per heavy atom. The number of guanidine groups is 1. The van der Waals surface area contributed by atoms with Crippen LogP contribution < -0.4 is 11.1 Å². The topological polar surface area (TPSA) is 62.9 Å². The number of aliphatic imine (C=N–C) groups is 1. The van der Waals surface area contributed by atoms with Crippen LogP contribution in [0.15, 0.2) is 29.3 Å². The fourth-order valence-corrected chi connectivity index (χ4v) is 3.48. The van der Waals surface area contributed by atoms with Gasteiger partial charge in [0, 0.05) is 19.7 Å². The van der Waals surface area contributed by atoms with E-state index < -0.39 is 0 Å². The average Bonchev–Trinajstić information content (AvgIpc) is 3.15. The van der Waals surface area contributed by atoms with Gasteiger partial charge in [-0.15, -0.1) is 0 Å². The van der Waals surface area contributed by atoms with Crippen LogP contribution in [0.25, 0.3) is 0 Å². The maximum absolute atomic E-state index is 5.94. The van der Waals surface area contributed by atoms with E-state index in [9.17, 15) is 0 Å². The minimum absolute atomic E-state index is 0.283. The van der Waals surface area contributed by atoms with E-state index in [1.54, 1.807) is 0 Å². The molecule has 1 unspecified atom stereocenters. The summed E-state index contributed by atoms with van der Waals surface area (Å²) in [5.41, 5.74) is 8.51. The Morgan fingerprint density at radius 1 is 1.20 bits per heavy atom. The van der Waals surface area contributed by atoms with E-state index in [1.165, 1.54) is 37.1 Å². The van der Waals surface area contributed by atoms with Crippen molar-refractivity contribution < 1.29 is 4.74 Å². The molecule has 1 aromatic carbocycles. The molecule has 1 atom stereocenters. The van der Waals surface area contributed by atoms with Crippen molar-refractivity contribution in [2.45, 2.75) is 51.8 Å². The number of hydrogen-bond donors (Lipinski definition) is 2. The van der Waals surface area contributed by atoms with Crippen LogP contribution in [-0.4, -0.2) is 43.2 Å². The summed E-state index contributed by atoms with van der Waals surface area (Å²) in [6, 6.07) is 8.77. The zero-order valence-corrected chi connectivity index (χ0v) is 15.4. The zero-order valence-electron chi connectivity index (χ0n) is 15.4. The summed E-state index contributed by atoms with van der Waals surface area (Å²) in [5, 5.41) is 3.16. The largest absolute Gasteiger partial charge is 0.376 e. The molecule has 0 aliphatic carbocycles. The first-order valence-electron chi connectivity index (χ1n) is 9.64. The molecular formula is C20H32N4O. The van der Waals surface area contributed by atoms with Gasteiger partial charge >= 0.3 is 0 Å². The summed E-state index contributed by atoms with van der Waals surface area (Å²) in [7, 11) is 0. The second kappa shape index (κ2) is 9.20. The number of piperidine rings is 1. The van der Waals surface area contributed by atoms with Crippen molar-refractivity contribution in [2.24, 2.45) is 16.6 Å². The molecule has 0 bridgehead atoms. The Hall–Kier alpha value is -1.59. The summed E-state index contributed by atoms with van der Waals surface area (Å²) in [4.78, 5) is 6.98. The molecular weight excluding hydrogens is 312 g/mol. The molecule has 25 heavy (non-hydrogen) atoms. The van der Waals surface area contributed by atoms with Gasteiger partial charge in [0.05, 0.1) is 12.6 Å². The van der Waals surface area contributed by atoms with Crippen LogP contribution in [0.2, 0.25) is 0 Å². The fraction of sp³-hybridized carbons (Fsp3) is 0.650. The highest BCUT2D eigenvalue weighted by atomic mass is 16.5. The molecule has 2 aliphatic rings. The van der Waals surface area contributed by atoms with E-state index in [2.05, 4.69) is 46.4 Å². The van der Waals surface area contributed by atoms with Crippen LogP contribution >= 0.6 is 0 Å². The molecule has 0 aromatic heterocycles. The van der Waals surface area contributed by atoms with Crippen LogP contribution in [0.5, 0.6) is 0 Å². The van der Waals surface area contributed by atoms with Gasteiger partial charge in [-0.05, 0) is 55.8 Å². The molecule has 2 heterocycles. The number of nitrogens with one attached hydrogen (secondary N) is 1. The molecule has 5 nitrogen and oxygen atoms in total. The second-order valence-corrected chi connectivity index (χ2v) is 7.49. The van der Waals surface area contributed by atoms with Gasteiger partial charge in [0.25, 0.3) is 0 Å². The lowest BCUT2D eigenvalue weighted by Gasteiger charge is -2.30. The first-order chi connectivity index (χ1) is 12.2. The van der Waals surface area contributed by atoms with Crippen LogP contribution in [0.4, 0.5) is 0 Å². The summed E-state index contributed by atoms with van der Waals surface area (Å²) < 4.78 is 5.57. The summed E-state index contributed by atoms with van der Waals surface area (Å²) in [5.74, 6) is 1.39. The summed E-state index contributed by atoms with van der Waals surface area (Å²) in [6.45, 7) is 8.09. The van der Waals surface area contributed by atoms with Crippen molar-refractivity contribution in [3.63, 3.8) is 0 Å². The Bertz CT molecular complexity index is 543. The standard InChI is InChI=1S/C20H32N4O/c1-16-8-10-24(11-9-16)15-18-6-4-17(5-7-18)13-22-20(21)23-14-19-3-2-12-25-19/h4-7,16,19H,2-3,8-15H2,1H3,(H3,21,22,23). The van der Waals surface area contributed by atoms with Crippen LogP contribution in [-0.2, 0) is 17.8 Å². The van der Waals surface area contributed by atoms with Gasteiger partial charge in [0.1, 0.15) is 0 Å². The van der Waals surface area contributed by atoms with Crippen LogP contribution in [0.3, 0.4) is 0 Å². The molecule has 3 N–H and O–H groups in total. The van der Waals surface area contributed by atoms with E-state index in [1.807, 2.05) is 0 Å². The number of benzene rings is 1. The average molecular weight is 345 g/mol. The molecule has 2 saturated heterocycles. The van der Waals surface area contributed by atoms with Gasteiger partial charge in [-0.3, -0.25) is 4.90 Å². The zero-order chi connectivity index (χ0) is 17.5. The van der Waals surface area contributed by atoms with Crippen LogP contribution in [0.1, 0.15) is 43.7 Å². The number of nitrogens with two attached hydrogens (primary N) is 1. The van der Waals surface area contributed by atoms with Gasteiger partial charge in [0.2, 0.25) is 0 Å². The Labute approximate surface area is 151 Å². The Balaban J connectivity index is 1.41. The fourth-order valence-electron chi connectivity index (χ4n) is 3.48. The maximum Gasteiger partial charge on any atom is 0.189 e. The quantitative estimate of drug-likeness (QED) is 0.615. The molecule has 5 heteroatoms. The molecule has 0 spiro atoms. The first-order valence-corrected chi connectivity index (χ1v) is 9.64. The number of rotatable bonds is 6. The monoisotopic (exact) mass is 344 g/mol. The van der Waals surface area contributed by atoms with Gasteiger partial charge in [-0.2, -0.15) is 0 Å². The normalized spacial score (nSPS) is 23.1. The van der Waals surface area contributed by atoms with E-state index in [0.29, 0.717) is 12.5 Å². The third-order valence-corrected chi connectivity index (χ3v) is 5.27. The molecule has 0 saturated carbocycles. The van der Waals surface area contributed by atoms with E-state index in [4.69, 9.17) is 10.5 Å². The lowest BCUT2D eigenvalue weighted by atomic mass is 9.99. The van der Waals surface area contributed by atoms with Crippen molar-refractivity contribution in [1.29, 1.82) is 0 Å². The van der Waals surface area contributed by atoms with Gasteiger partial charge in [-0.25, -0.2) is 4.99 Å². The highest BCUT2D eigenvalue weighted by molar-refractivity contribution is 5.77. The lowest BCUT2D eigenvalue weighted by molar-refractivity contribution is 0.114. The molecule has 1 aromatic rings. The number of ether oxygens (including phenoxy) is 1. The molecule has 2 aliphatic heterocycles. The van der Waals surface area contributed by atoms with Crippen molar-refractivity contribution in [2.75, 3.05) is 26.2 Å². The second-order valence-electron chi connectivity index (χ2n) is 7.49. The van der Waals surface area contributed by atoms with Crippen molar-refractivity contribution in [1.82, 2.24) is 10.2 Å². The SMILES string of the molecule is CC1CCN(Cc2ccc(CN=C(N)NCC3CCCO3)cc2)CC1. The smallest absolute Gasteiger partial charge is 0.189 e. The van der Waals surface area contributed by atoms with Crippen molar-refractivity contribution in [3.05, 3.63) is 35.4 Å². The molecule has 138 valence electrons. The minimum Gasteiger partial charge on any atom is -0.376 e. The van der Waals surface area contributed by atoms with Crippen LogP contribution in [0, 0.1) is 5.92 Å². The first kappa shape index (κ1) is 18.2. The molecule has 3 rings (SSSR count). The van der Waals surface area contributed by atoms with Gasteiger partial charge < -0.3 is 15.8 Å². The lowest BCUT2D eigenvalue weighted by Crippen LogP contribution is -2.37. The molecule has 0 radical (unpaired) electrons.